The molecule has 0 aliphatic rings. The van der Waals surface area contributed by atoms with Gasteiger partial charge in [-0.15, -0.1) is 0 Å². The van der Waals surface area contributed by atoms with Gasteiger partial charge in [-0.05, 0) is 30.3 Å². The number of hydrogen-bond donors (Lipinski definition) is 3. The number of hydrogen-bond acceptors (Lipinski definition) is 2. The first-order valence-corrected chi connectivity index (χ1v) is 7.10. The van der Waals surface area contributed by atoms with Crippen LogP contribution in [0, 0.1) is 5.82 Å². The number of rotatable bonds is 3. The van der Waals surface area contributed by atoms with Gasteiger partial charge in [-0.2, -0.15) is 13.2 Å². The third-order valence-electron chi connectivity index (χ3n) is 3.60. The Morgan fingerprint density at radius 2 is 1.76 bits per heavy atom. The zero-order valence-electron chi connectivity index (χ0n) is 12.5. The number of carbonyl (C=O) groups excluding carboxylic acids is 1. The van der Waals surface area contributed by atoms with Crippen LogP contribution in [0.15, 0.2) is 41.2 Å². The van der Waals surface area contributed by atoms with Gasteiger partial charge in [0, 0.05) is 17.7 Å². The van der Waals surface area contributed by atoms with Gasteiger partial charge < -0.3 is 15.3 Å². The van der Waals surface area contributed by atoms with Gasteiger partial charge in [0.2, 0.25) is 0 Å². The zero-order valence-corrected chi connectivity index (χ0v) is 12.5. The Balaban J connectivity index is 1.74. The van der Waals surface area contributed by atoms with E-state index in [0.29, 0.717) is 17.1 Å². The summed E-state index contributed by atoms with van der Waals surface area (Å²) >= 11 is 0. The minimum Gasteiger partial charge on any atom is -0.348 e. The number of amides is 1. The number of imidazole rings is 1. The van der Waals surface area contributed by atoms with E-state index in [1.54, 1.807) is 0 Å². The Morgan fingerprint density at radius 3 is 2.44 bits per heavy atom. The van der Waals surface area contributed by atoms with E-state index in [0.717, 1.165) is 12.1 Å². The lowest BCUT2D eigenvalue weighted by Gasteiger charge is -2.10. The Bertz CT molecular complexity index is 1000. The van der Waals surface area contributed by atoms with Crippen LogP contribution in [0.1, 0.15) is 21.5 Å². The summed E-state index contributed by atoms with van der Waals surface area (Å²) < 4.78 is 51.2. The molecule has 1 aromatic heterocycles. The van der Waals surface area contributed by atoms with Gasteiger partial charge in [0.1, 0.15) is 5.82 Å². The molecule has 0 saturated heterocycles. The Hall–Kier alpha value is -3.10. The Kier molecular flexibility index (Phi) is 4.07. The molecule has 0 spiro atoms. The van der Waals surface area contributed by atoms with Crippen LogP contribution in [-0.4, -0.2) is 15.9 Å². The van der Waals surface area contributed by atoms with Crippen molar-refractivity contribution in [2.24, 2.45) is 0 Å². The highest BCUT2D eigenvalue weighted by Crippen LogP contribution is 2.30. The molecule has 0 radical (unpaired) electrons. The average Bonchev–Trinajstić information content (AvgIpc) is 2.91. The highest BCUT2D eigenvalue weighted by Gasteiger charge is 2.31. The number of H-pyrrole nitrogens is 2. The summed E-state index contributed by atoms with van der Waals surface area (Å²) in [5, 5.41) is 2.42. The van der Waals surface area contributed by atoms with Crippen LogP contribution < -0.4 is 11.0 Å². The predicted molar refractivity (Wildman–Crippen MR) is 81.5 cm³/mol. The summed E-state index contributed by atoms with van der Waals surface area (Å²) in [6, 6.07) is 6.54. The molecular formula is C16H11F4N3O2. The van der Waals surface area contributed by atoms with Crippen LogP contribution in [0.4, 0.5) is 17.6 Å². The van der Waals surface area contributed by atoms with E-state index in [2.05, 4.69) is 15.3 Å². The molecule has 0 atom stereocenters. The van der Waals surface area contributed by atoms with Crippen molar-refractivity contribution in [2.75, 3.05) is 0 Å². The molecular weight excluding hydrogens is 342 g/mol. The molecule has 1 heterocycles. The highest BCUT2D eigenvalue weighted by atomic mass is 19.4. The van der Waals surface area contributed by atoms with E-state index in [-0.39, 0.29) is 17.7 Å². The summed E-state index contributed by atoms with van der Waals surface area (Å²) in [6.07, 6.45) is -4.63. The molecule has 3 rings (SSSR count). The third kappa shape index (κ3) is 3.54. The summed E-state index contributed by atoms with van der Waals surface area (Å²) in [7, 11) is 0. The molecule has 0 fully saturated rings. The van der Waals surface area contributed by atoms with Crippen LogP contribution in [0.3, 0.4) is 0 Å². The highest BCUT2D eigenvalue weighted by molar-refractivity contribution is 5.97. The summed E-state index contributed by atoms with van der Waals surface area (Å²) in [5.41, 5.74) is -0.414. The number of aromatic amines is 2. The molecule has 1 amide bonds. The standard InChI is InChI=1S/C16H11F4N3O2/c17-11-6-10(16(18,19)20)3-1-9(11)7-21-14(24)8-2-4-12-13(5-8)23-15(25)22-12/h1-6H,7H2,(H,21,24)(H2,22,23,25). The molecule has 0 unspecified atom stereocenters. The minimum atomic E-state index is -4.63. The fourth-order valence-electron chi connectivity index (χ4n) is 2.32. The largest absolute Gasteiger partial charge is 0.416 e. The Labute approximate surface area is 137 Å². The first kappa shape index (κ1) is 16.7. The summed E-state index contributed by atoms with van der Waals surface area (Å²) in [4.78, 5) is 28.3. The van der Waals surface area contributed by atoms with E-state index >= 15 is 0 Å². The second-order valence-electron chi connectivity index (χ2n) is 5.33. The fraction of sp³-hybridized carbons (Fsp3) is 0.125. The molecule has 3 aromatic rings. The minimum absolute atomic E-state index is 0.0718. The molecule has 25 heavy (non-hydrogen) atoms. The van der Waals surface area contributed by atoms with Crippen molar-refractivity contribution in [3.05, 3.63) is 69.4 Å². The van der Waals surface area contributed by atoms with Gasteiger partial charge in [-0.3, -0.25) is 4.79 Å². The van der Waals surface area contributed by atoms with Gasteiger partial charge >= 0.3 is 11.9 Å². The molecule has 130 valence electrons. The molecule has 0 aliphatic carbocycles. The molecule has 2 aromatic carbocycles. The summed E-state index contributed by atoms with van der Waals surface area (Å²) in [6.45, 7) is -0.273. The van der Waals surface area contributed by atoms with E-state index in [1.807, 2.05) is 0 Å². The van der Waals surface area contributed by atoms with Crippen molar-refractivity contribution < 1.29 is 22.4 Å². The van der Waals surface area contributed by atoms with E-state index in [9.17, 15) is 27.2 Å². The van der Waals surface area contributed by atoms with Gasteiger partial charge in [-0.1, -0.05) is 6.07 Å². The second kappa shape index (κ2) is 6.08. The fourth-order valence-corrected chi connectivity index (χ4v) is 2.32. The van der Waals surface area contributed by atoms with E-state index < -0.39 is 29.2 Å². The molecule has 0 saturated carbocycles. The lowest BCUT2D eigenvalue weighted by Crippen LogP contribution is -2.23. The summed E-state index contributed by atoms with van der Waals surface area (Å²) in [5.74, 6) is -1.61. The molecule has 0 aliphatic heterocycles. The molecule has 5 nitrogen and oxygen atoms in total. The number of carbonyl (C=O) groups is 1. The zero-order chi connectivity index (χ0) is 18.2. The SMILES string of the molecule is O=C(NCc1ccc(C(F)(F)F)cc1F)c1ccc2[nH]c(=O)[nH]c2c1. The average molecular weight is 353 g/mol. The van der Waals surface area contributed by atoms with E-state index in [1.165, 1.54) is 18.2 Å². The lowest BCUT2D eigenvalue weighted by molar-refractivity contribution is -0.137. The van der Waals surface area contributed by atoms with Gasteiger partial charge in [0.15, 0.2) is 0 Å². The van der Waals surface area contributed by atoms with Crippen molar-refractivity contribution in [1.82, 2.24) is 15.3 Å². The maximum Gasteiger partial charge on any atom is 0.416 e. The molecule has 3 N–H and O–H groups in total. The number of nitrogens with one attached hydrogen (secondary N) is 3. The second-order valence-corrected chi connectivity index (χ2v) is 5.33. The normalized spacial score (nSPS) is 11.7. The van der Waals surface area contributed by atoms with Crippen LogP contribution in [0.2, 0.25) is 0 Å². The smallest absolute Gasteiger partial charge is 0.348 e. The topological polar surface area (TPSA) is 77.8 Å². The van der Waals surface area contributed by atoms with Gasteiger partial charge in [0.25, 0.3) is 5.91 Å². The first-order chi connectivity index (χ1) is 11.7. The monoisotopic (exact) mass is 353 g/mol. The lowest BCUT2D eigenvalue weighted by atomic mass is 10.1. The number of alkyl halides is 3. The molecule has 9 heteroatoms. The quantitative estimate of drug-likeness (QED) is 0.633. The van der Waals surface area contributed by atoms with Crippen LogP contribution in [0.5, 0.6) is 0 Å². The third-order valence-corrected chi connectivity index (χ3v) is 3.60. The Morgan fingerprint density at radius 1 is 1.04 bits per heavy atom. The van der Waals surface area contributed by atoms with Gasteiger partial charge in [0.05, 0.1) is 16.6 Å². The van der Waals surface area contributed by atoms with Gasteiger partial charge in [-0.25, -0.2) is 9.18 Å². The van der Waals surface area contributed by atoms with E-state index in [4.69, 9.17) is 0 Å². The van der Waals surface area contributed by atoms with Crippen molar-refractivity contribution in [2.45, 2.75) is 12.7 Å². The van der Waals surface area contributed by atoms with Crippen LogP contribution in [-0.2, 0) is 12.7 Å². The van der Waals surface area contributed by atoms with Crippen molar-refractivity contribution >= 4 is 16.9 Å². The number of aromatic nitrogens is 2. The number of fused-ring (bicyclic) bond motifs is 1. The van der Waals surface area contributed by atoms with Crippen LogP contribution >= 0.6 is 0 Å². The number of halogens is 4. The number of benzene rings is 2. The maximum absolute atomic E-state index is 13.7. The van der Waals surface area contributed by atoms with Crippen molar-refractivity contribution in [3.63, 3.8) is 0 Å². The van der Waals surface area contributed by atoms with Crippen molar-refractivity contribution in [3.8, 4) is 0 Å². The first-order valence-electron chi connectivity index (χ1n) is 7.10. The van der Waals surface area contributed by atoms with Crippen molar-refractivity contribution in [1.29, 1.82) is 0 Å². The predicted octanol–water partition coefficient (Wildman–Crippen LogP) is 2.94. The maximum atomic E-state index is 13.7. The molecule has 0 bridgehead atoms. The van der Waals surface area contributed by atoms with Crippen LogP contribution in [0.25, 0.3) is 11.0 Å².